The smallest absolute Gasteiger partial charge is 0.460 e. The van der Waals surface area contributed by atoms with E-state index in [0.717, 1.165) is 0 Å². The van der Waals surface area contributed by atoms with Crippen LogP contribution in [-0.4, -0.2) is 47.3 Å². The summed E-state index contributed by atoms with van der Waals surface area (Å²) >= 11 is 5.33. The number of alkyl halides is 12. The summed E-state index contributed by atoms with van der Waals surface area (Å²) in [4.78, 5) is 10.7. The minimum atomic E-state index is -7.79. The van der Waals surface area contributed by atoms with Crippen LogP contribution in [0.4, 0.5) is 52.7 Å². The van der Waals surface area contributed by atoms with Crippen LogP contribution in [0.5, 0.6) is 5.75 Å². The fourth-order valence-electron chi connectivity index (χ4n) is 1.66. The number of benzene rings is 1. The molecule has 0 amide bonds. The van der Waals surface area contributed by atoms with E-state index in [9.17, 15) is 57.5 Å². The van der Waals surface area contributed by atoms with Crippen molar-refractivity contribution in [2.24, 2.45) is 0 Å². The second kappa shape index (κ2) is 7.32. The second-order valence-corrected chi connectivity index (χ2v) is 5.63. The molecule has 0 spiro atoms. The molecule has 0 aliphatic heterocycles. The van der Waals surface area contributed by atoms with Crippen molar-refractivity contribution < 1.29 is 67.3 Å². The fraction of sp³-hybridized carbons (Fsp3) is 0.462. The number of aromatic carboxylic acids is 1. The highest BCUT2D eigenvalue weighted by molar-refractivity contribution is 6.33. The van der Waals surface area contributed by atoms with Gasteiger partial charge in [-0.1, -0.05) is 11.6 Å². The normalized spacial score (nSPS) is 15.2. The number of carbonyl (C=O) groups is 1. The molecule has 16 heteroatoms. The van der Waals surface area contributed by atoms with Gasteiger partial charge in [0.2, 0.25) is 0 Å². The Kier molecular flexibility index (Phi) is 6.31. The Balaban J connectivity index is 3.28. The Morgan fingerprint density at radius 1 is 0.897 bits per heavy atom. The zero-order valence-electron chi connectivity index (χ0n) is 13.0. The Morgan fingerprint density at radius 3 is 1.76 bits per heavy atom. The molecule has 1 atom stereocenters. The number of carboxylic acids is 1. The van der Waals surface area contributed by atoms with E-state index in [1.54, 1.807) is 0 Å². The van der Waals surface area contributed by atoms with Gasteiger partial charge in [0, 0.05) is 0 Å². The molecular weight excluding hydrogens is 468 g/mol. The van der Waals surface area contributed by atoms with Crippen molar-refractivity contribution in [3.05, 3.63) is 28.8 Å². The van der Waals surface area contributed by atoms with E-state index < -0.39 is 58.5 Å². The van der Waals surface area contributed by atoms with E-state index in [1.807, 2.05) is 0 Å². The summed E-state index contributed by atoms with van der Waals surface area (Å²) in [6.07, 6.45) is -12.3. The third kappa shape index (κ3) is 4.00. The maximum Gasteiger partial charge on any atom is 0.460 e. The van der Waals surface area contributed by atoms with Gasteiger partial charge in [-0.05, 0) is 18.2 Å². The predicted octanol–water partition coefficient (Wildman–Crippen LogP) is 5.82. The Labute approximate surface area is 156 Å². The van der Waals surface area contributed by atoms with E-state index >= 15 is 0 Å². The van der Waals surface area contributed by atoms with Crippen LogP contribution in [-0.2, 0) is 0 Å². The second-order valence-electron chi connectivity index (χ2n) is 5.22. The highest BCUT2D eigenvalue weighted by atomic mass is 35.5. The minimum Gasteiger partial charge on any atom is -0.478 e. The molecule has 1 aromatic carbocycles. The van der Waals surface area contributed by atoms with Crippen molar-refractivity contribution >= 4 is 17.6 Å². The minimum absolute atomic E-state index is 0.258. The Morgan fingerprint density at radius 2 is 1.38 bits per heavy atom. The molecule has 1 N–H and O–H groups in total. The van der Waals surface area contributed by atoms with Crippen LogP contribution in [0, 0.1) is 0 Å². The molecule has 0 fully saturated rings. The van der Waals surface area contributed by atoms with E-state index in [4.69, 9.17) is 16.7 Å². The van der Waals surface area contributed by atoms with Crippen molar-refractivity contribution in [3.63, 3.8) is 0 Å². The van der Waals surface area contributed by atoms with Crippen LogP contribution in [0.15, 0.2) is 18.2 Å². The van der Waals surface area contributed by atoms with Crippen molar-refractivity contribution in [1.29, 1.82) is 0 Å². The van der Waals surface area contributed by atoms with Gasteiger partial charge in [0.1, 0.15) is 5.75 Å². The standard InChI is InChI=1S/C13H5ClF12O3/c14-6-3-4(1-2-5(6)7(27)28)29-8(15)9(16,17)10(18,19)11(20,21)12(22,23)13(24,25)26/h1-3,8H,(H,27,28). The lowest BCUT2D eigenvalue weighted by Gasteiger charge is -2.37. The zero-order chi connectivity index (χ0) is 23.2. The molecular formula is C13H5ClF12O3. The molecule has 1 unspecified atom stereocenters. The van der Waals surface area contributed by atoms with Crippen LogP contribution in [0.25, 0.3) is 0 Å². The van der Waals surface area contributed by atoms with Crippen LogP contribution in [0.3, 0.4) is 0 Å². The lowest BCUT2D eigenvalue weighted by molar-refractivity contribution is -0.432. The summed E-state index contributed by atoms with van der Waals surface area (Å²) in [5, 5.41) is 7.81. The number of carboxylic acid groups (broad SMARTS) is 1. The van der Waals surface area contributed by atoms with E-state index in [2.05, 4.69) is 4.74 Å². The van der Waals surface area contributed by atoms with Crippen LogP contribution < -0.4 is 4.74 Å². The van der Waals surface area contributed by atoms with Crippen LogP contribution >= 0.6 is 11.6 Å². The number of hydrogen-bond acceptors (Lipinski definition) is 2. The first kappa shape index (κ1) is 25.0. The van der Waals surface area contributed by atoms with Gasteiger partial charge in [0.05, 0.1) is 10.6 Å². The van der Waals surface area contributed by atoms with Gasteiger partial charge >= 0.3 is 42.2 Å². The topological polar surface area (TPSA) is 46.5 Å². The molecule has 0 heterocycles. The zero-order valence-corrected chi connectivity index (χ0v) is 13.7. The van der Waals surface area contributed by atoms with Crippen molar-refractivity contribution in [3.8, 4) is 5.75 Å². The number of ether oxygens (including phenoxy) is 1. The molecule has 29 heavy (non-hydrogen) atoms. The highest BCUT2D eigenvalue weighted by Crippen LogP contribution is 2.58. The van der Waals surface area contributed by atoms with Gasteiger partial charge in [-0.3, -0.25) is 0 Å². The van der Waals surface area contributed by atoms with Crippen molar-refractivity contribution in [1.82, 2.24) is 0 Å². The first-order chi connectivity index (χ1) is 12.7. The molecule has 0 aliphatic carbocycles. The van der Waals surface area contributed by atoms with Crippen LogP contribution in [0.1, 0.15) is 10.4 Å². The largest absolute Gasteiger partial charge is 0.478 e. The summed E-state index contributed by atoms with van der Waals surface area (Å²) in [5.74, 6) is -32.9. The lowest BCUT2D eigenvalue weighted by Crippen LogP contribution is -2.68. The van der Waals surface area contributed by atoms with E-state index in [1.165, 1.54) is 0 Å². The molecule has 0 saturated heterocycles. The molecule has 0 bridgehead atoms. The van der Waals surface area contributed by atoms with Gasteiger partial charge in [-0.25, -0.2) is 4.79 Å². The first-order valence-corrected chi connectivity index (χ1v) is 7.01. The van der Waals surface area contributed by atoms with Gasteiger partial charge in [0.25, 0.3) is 0 Å². The monoisotopic (exact) mass is 472 g/mol. The summed E-state index contributed by atoms with van der Waals surface area (Å²) in [5.41, 5.74) is -0.720. The highest BCUT2D eigenvalue weighted by Gasteiger charge is 2.88. The third-order valence-electron chi connectivity index (χ3n) is 3.26. The average Bonchev–Trinajstić information content (AvgIpc) is 2.52. The van der Waals surface area contributed by atoms with Crippen molar-refractivity contribution in [2.75, 3.05) is 0 Å². The Hall–Kier alpha value is -2.06. The fourth-order valence-corrected chi connectivity index (χ4v) is 1.91. The maximum absolute atomic E-state index is 13.5. The van der Waals surface area contributed by atoms with Gasteiger partial charge in [-0.15, -0.1) is 0 Å². The lowest BCUT2D eigenvalue weighted by atomic mass is 9.98. The molecule has 166 valence electrons. The van der Waals surface area contributed by atoms with Gasteiger partial charge < -0.3 is 9.84 Å². The van der Waals surface area contributed by atoms with Gasteiger partial charge in [0.15, 0.2) is 0 Å². The van der Waals surface area contributed by atoms with E-state index in [0.29, 0.717) is 12.1 Å². The Bertz CT molecular complexity index is 777. The summed E-state index contributed by atoms with van der Waals surface area (Å²) in [6, 6.07) is 1.09. The quantitative estimate of drug-likeness (QED) is 0.509. The van der Waals surface area contributed by atoms with Crippen LogP contribution in [0.2, 0.25) is 5.02 Å². The molecule has 1 aromatic rings. The first-order valence-electron chi connectivity index (χ1n) is 6.63. The van der Waals surface area contributed by atoms with Gasteiger partial charge in [-0.2, -0.15) is 52.7 Å². The summed E-state index contributed by atoms with van der Waals surface area (Å²) in [7, 11) is 0. The predicted molar refractivity (Wildman–Crippen MR) is 69.8 cm³/mol. The van der Waals surface area contributed by atoms with E-state index in [-0.39, 0.29) is 6.07 Å². The third-order valence-corrected chi connectivity index (χ3v) is 3.57. The molecule has 3 nitrogen and oxygen atoms in total. The molecule has 0 aromatic heterocycles. The SMILES string of the molecule is O=C(O)c1ccc(OC(F)C(F)(F)C(F)(F)C(F)(F)C(F)(F)C(F)(F)F)cc1Cl. The number of rotatable bonds is 7. The maximum atomic E-state index is 13.5. The number of halogens is 13. The average molecular weight is 473 g/mol. The van der Waals surface area contributed by atoms with Crippen molar-refractivity contribution in [2.45, 2.75) is 36.2 Å². The molecule has 1 rings (SSSR count). The molecule has 0 radical (unpaired) electrons. The molecule has 0 saturated carbocycles. The summed E-state index contributed by atoms with van der Waals surface area (Å²) < 4.78 is 158. The summed E-state index contributed by atoms with van der Waals surface area (Å²) in [6.45, 7) is 0. The molecule has 0 aliphatic rings. The number of hydrogen-bond donors (Lipinski definition) is 1.